The van der Waals surface area contributed by atoms with Gasteiger partial charge in [0.2, 0.25) is 0 Å². The second-order valence-electron chi connectivity index (χ2n) is 8.05. The molecule has 0 unspecified atom stereocenters. The molecular weight excluding hydrogens is 404 g/mol. The molecule has 2 aromatic rings. The lowest BCUT2D eigenvalue weighted by Gasteiger charge is -2.04. The molecule has 2 heterocycles. The van der Waals surface area contributed by atoms with Gasteiger partial charge in [0, 0.05) is 29.7 Å². The van der Waals surface area contributed by atoms with E-state index in [1.807, 2.05) is 25.5 Å². The highest BCUT2D eigenvalue weighted by Crippen LogP contribution is 2.49. The molecule has 0 atom stereocenters. The summed E-state index contributed by atoms with van der Waals surface area (Å²) in [5, 5.41) is 0. The van der Waals surface area contributed by atoms with Crippen molar-refractivity contribution in [3.05, 3.63) is 109 Å². The van der Waals surface area contributed by atoms with Gasteiger partial charge in [-0.05, 0) is 52.4 Å². The predicted molar refractivity (Wildman–Crippen MR) is 132 cm³/mol. The minimum absolute atomic E-state index is 0.867. The fourth-order valence-electron chi connectivity index (χ4n) is 4.47. The Bertz CT molecular complexity index is 1510. The molecule has 0 saturated heterocycles. The SMILES string of the molecule is Cc1cnc(-c2cc(-c3cc(-c4cnccn4)c4cccccc3-4)c3cccccc2-3)cn1. The van der Waals surface area contributed by atoms with E-state index in [0.29, 0.717) is 0 Å². The van der Waals surface area contributed by atoms with Crippen molar-refractivity contribution in [2.75, 3.05) is 0 Å². The first-order chi connectivity index (χ1) is 16.3. The van der Waals surface area contributed by atoms with Crippen molar-refractivity contribution in [1.29, 1.82) is 0 Å². The molecule has 4 aliphatic carbocycles. The maximum Gasteiger partial charge on any atom is 0.0891 e. The van der Waals surface area contributed by atoms with Crippen molar-refractivity contribution in [2.24, 2.45) is 0 Å². The lowest BCUT2D eigenvalue weighted by atomic mass is 10.00. The van der Waals surface area contributed by atoms with Crippen LogP contribution in [-0.4, -0.2) is 19.9 Å². The van der Waals surface area contributed by atoms with Gasteiger partial charge in [-0.3, -0.25) is 19.9 Å². The van der Waals surface area contributed by atoms with E-state index in [1.54, 1.807) is 12.4 Å². The van der Waals surface area contributed by atoms with E-state index in [9.17, 15) is 0 Å². The van der Waals surface area contributed by atoms with Crippen LogP contribution in [0.25, 0.3) is 55.9 Å². The van der Waals surface area contributed by atoms with Crippen LogP contribution in [0.4, 0.5) is 0 Å². The summed E-state index contributed by atoms with van der Waals surface area (Å²) in [5.41, 5.74) is 11.8. The van der Waals surface area contributed by atoms with Crippen molar-refractivity contribution in [1.82, 2.24) is 19.9 Å². The third-order valence-corrected chi connectivity index (χ3v) is 6.00. The molecule has 0 spiro atoms. The molecule has 6 rings (SSSR count). The van der Waals surface area contributed by atoms with Crippen LogP contribution in [0.3, 0.4) is 0 Å². The van der Waals surface area contributed by atoms with Crippen LogP contribution < -0.4 is 0 Å². The first-order valence-corrected chi connectivity index (χ1v) is 10.9. The molecular formula is C29H20N4. The van der Waals surface area contributed by atoms with Crippen LogP contribution in [0.5, 0.6) is 0 Å². The van der Waals surface area contributed by atoms with E-state index in [0.717, 1.165) is 39.3 Å². The summed E-state index contributed by atoms with van der Waals surface area (Å²) in [6.45, 7) is 1.95. The number of hydrogen-bond donors (Lipinski definition) is 0. The van der Waals surface area contributed by atoms with Crippen molar-refractivity contribution in [3.8, 4) is 55.9 Å². The lowest BCUT2D eigenvalue weighted by molar-refractivity contribution is 1.12. The van der Waals surface area contributed by atoms with E-state index < -0.39 is 0 Å². The summed E-state index contributed by atoms with van der Waals surface area (Å²) >= 11 is 0. The normalized spacial score (nSPS) is 11.2. The molecule has 0 amide bonds. The second kappa shape index (κ2) is 7.92. The maximum absolute atomic E-state index is 4.67. The molecule has 0 aromatic carbocycles. The van der Waals surface area contributed by atoms with E-state index in [1.165, 1.54) is 22.3 Å². The molecule has 33 heavy (non-hydrogen) atoms. The summed E-state index contributed by atoms with van der Waals surface area (Å²) in [6, 6.07) is 25.6. The van der Waals surface area contributed by atoms with Crippen molar-refractivity contribution in [3.63, 3.8) is 0 Å². The number of nitrogens with zero attached hydrogens (tertiary/aromatic N) is 4. The zero-order valence-electron chi connectivity index (χ0n) is 18.1. The van der Waals surface area contributed by atoms with Crippen LogP contribution in [0.1, 0.15) is 5.69 Å². The predicted octanol–water partition coefficient (Wildman–Crippen LogP) is 6.79. The summed E-state index contributed by atoms with van der Waals surface area (Å²) < 4.78 is 0. The Morgan fingerprint density at radius 2 is 1.00 bits per heavy atom. The highest BCUT2D eigenvalue weighted by molar-refractivity contribution is 6.04. The van der Waals surface area contributed by atoms with Gasteiger partial charge in [-0.2, -0.15) is 0 Å². The van der Waals surface area contributed by atoms with Gasteiger partial charge in [0.25, 0.3) is 0 Å². The Morgan fingerprint density at radius 1 is 0.455 bits per heavy atom. The number of aryl methyl sites for hydroxylation is 1. The minimum Gasteiger partial charge on any atom is -0.261 e. The lowest BCUT2D eigenvalue weighted by Crippen LogP contribution is -1.87. The van der Waals surface area contributed by atoms with Gasteiger partial charge in [-0.25, -0.2) is 0 Å². The Labute approximate surface area is 192 Å². The number of fused-ring (bicyclic) bond motifs is 2. The van der Waals surface area contributed by atoms with Crippen LogP contribution in [0.15, 0.2) is 104 Å². The fourth-order valence-corrected chi connectivity index (χ4v) is 4.47. The van der Waals surface area contributed by atoms with Gasteiger partial charge >= 0.3 is 0 Å². The largest absolute Gasteiger partial charge is 0.261 e. The Morgan fingerprint density at radius 3 is 1.48 bits per heavy atom. The first-order valence-electron chi connectivity index (χ1n) is 10.9. The molecule has 0 saturated carbocycles. The smallest absolute Gasteiger partial charge is 0.0891 e. The molecule has 0 fully saturated rings. The zero-order chi connectivity index (χ0) is 22.2. The molecule has 156 valence electrons. The van der Waals surface area contributed by atoms with Crippen molar-refractivity contribution in [2.45, 2.75) is 6.92 Å². The van der Waals surface area contributed by atoms with Gasteiger partial charge in [-0.1, -0.05) is 60.7 Å². The molecule has 0 N–H and O–H groups in total. The van der Waals surface area contributed by atoms with E-state index >= 15 is 0 Å². The average molecular weight is 425 g/mol. The number of aromatic nitrogens is 4. The van der Waals surface area contributed by atoms with E-state index in [2.05, 4.69) is 92.7 Å². The fraction of sp³-hybridized carbons (Fsp3) is 0.0345. The van der Waals surface area contributed by atoms with Gasteiger partial charge in [-0.15, -0.1) is 0 Å². The van der Waals surface area contributed by atoms with Gasteiger partial charge in [0.1, 0.15) is 0 Å². The quantitative estimate of drug-likeness (QED) is 0.314. The van der Waals surface area contributed by atoms with Gasteiger partial charge in [0.05, 0.1) is 29.5 Å². The standard InChI is InChI=1S/C29H20N4/c1-19-16-33-29(18-32-19)27-15-25(21-9-5-3-7-11-23(21)27)24-14-26(28-17-30-12-13-31-28)22-10-6-2-4-8-20(22)24/h2-18H,1H3. The molecule has 0 bridgehead atoms. The molecule has 2 aromatic heterocycles. The zero-order valence-corrected chi connectivity index (χ0v) is 18.1. The highest BCUT2D eigenvalue weighted by Gasteiger charge is 2.24. The topological polar surface area (TPSA) is 51.6 Å². The Balaban J connectivity index is 1.64. The minimum atomic E-state index is 0.867. The monoisotopic (exact) mass is 424 g/mol. The molecule has 0 radical (unpaired) electrons. The van der Waals surface area contributed by atoms with Crippen LogP contribution in [0.2, 0.25) is 0 Å². The average Bonchev–Trinajstić information content (AvgIpc) is 3.14. The van der Waals surface area contributed by atoms with Gasteiger partial charge < -0.3 is 0 Å². The number of hydrogen-bond acceptors (Lipinski definition) is 4. The summed E-state index contributed by atoms with van der Waals surface area (Å²) in [4.78, 5) is 18.0. The van der Waals surface area contributed by atoms with E-state index in [-0.39, 0.29) is 0 Å². The molecule has 4 heteroatoms. The highest BCUT2D eigenvalue weighted by atomic mass is 14.8. The van der Waals surface area contributed by atoms with Gasteiger partial charge in [0.15, 0.2) is 0 Å². The first kappa shape index (κ1) is 19.3. The van der Waals surface area contributed by atoms with Crippen molar-refractivity contribution >= 4 is 0 Å². The Kier molecular flexibility index (Phi) is 4.62. The third kappa shape index (κ3) is 3.33. The van der Waals surface area contributed by atoms with E-state index in [4.69, 9.17) is 0 Å². The van der Waals surface area contributed by atoms with Crippen LogP contribution in [0, 0.1) is 6.92 Å². The summed E-state index contributed by atoms with van der Waals surface area (Å²) in [5.74, 6) is 0. The second-order valence-corrected chi connectivity index (χ2v) is 8.05. The Hall–Kier alpha value is -4.44. The van der Waals surface area contributed by atoms with Crippen LogP contribution in [-0.2, 0) is 0 Å². The molecule has 4 nitrogen and oxygen atoms in total. The van der Waals surface area contributed by atoms with Crippen LogP contribution >= 0.6 is 0 Å². The number of rotatable bonds is 3. The summed E-state index contributed by atoms with van der Waals surface area (Å²) in [7, 11) is 0. The van der Waals surface area contributed by atoms with Crippen molar-refractivity contribution < 1.29 is 0 Å². The maximum atomic E-state index is 4.67. The molecule has 4 aliphatic rings. The third-order valence-electron chi connectivity index (χ3n) is 6.00. The molecule has 0 aliphatic heterocycles. The summed E-state index contributed by atoms with van der Waals surface area (Å²) in [6.07, 6.45) is 8.94.